The summed E-state index contributed by atoms with van der Waals surface area (Å²) >= 11 is 0. The number of amides is 3. The van der Waals surface area contributed by atoms with Crippen molar-refractivity contribution in [1.29, 1.82) is 0 Å². The van der Waals surface area contributed by atoms with E-state index in [-0.39, 0.29) is 11.9 Å². The van der Waals surface area contributed by atoms with E-state index in [1.165, 1.54) is 6.92 Å². The van der Waals surface area contributed by atoms with Gasteiger partial charge in [-0.15, -0.1) is 0 Å². The van der Waals surface area contributed by atoms with Crippen molar-refractivity contribution >= 4 is 23.3 Å². The number of hydrogen-bond donors (Lipinski definition) is 2. The molecule has 122 valence electrons. The lowest BCUT2D eigenvalue weighted by Gasteiger charge is -2.15. The monoisotopic (exact) mass is 315 g/mol. The first-order chi connectivity index (χ1) is 11.1. The second-order valence-electron chi connectivity index (χ2n) is 5.13. The molecule has 1 aromatic carbocycles. The number of urea groups is 1. The highest BCUT2D eigenvalue weighted by atomic mass is 16.2. The van der Waals surface area contributed by atoms with Crippen molar-refractivity contribution in [2.45, 2.75) is 19.9 Å². The van der Waals surface area contributed by atoms with Crippen LogP contribution in [-0.2, 0) is 11.3 Å². The van der Waals surface area contributed by atoms with Gasteiger partial charge < -0.3 is 15.5 Å². The Morgan fingerprint density at radius 2 is 2.00 bits per heavy atom. The highest BCUT2D eigenvalue weighted by Crippen LogP contribution is 2.16. The smallest absolute Gasteiger partial charge is 0.319 e. The van der Waals surface area contributed by atoms with E-state index in [9.17, 15) is 9.59 Å². The maximum atomic E-state index is 11.8. The first-order valence-corrected chi connectivity index (χ1v) is 7.43. The van der Waals surface area contributed by atoms with Gasteiger partial charge in [0.15, 0.2) is 0 Å². The Balaban J connectivity index is 1.73. The van der Waals surface area contributed by atoms with E-state index in [0.29, 0.717) is 12.2 Å². The Hall–Kier alpha value is -2.83. The van der Waals surface area contributed by atoms with E-state index in [0.717, 1.165) is 18.7 Å². The largest absolute Gasteiger partial charge is 0.338 e. The Morgan fingerprint density at radius 3 is 2.61 bits per heavy atom. The summed E-state index contributed by atoms with van der Waals surface area (Å²) in [5.74, 6) is -0.0411. The van der Waals surface area contributed by atoms with Gasteiger partial charge in [-0.2, -0.15) is 5.10 Å². The maximum absolute atomic E-state index is 11.8. The summed E-state index contributed by atoms with van der Waals surface area (Å²) in [7, 11) is 1.71. The molecule has 23 heavy (non-hydrogen) atoms. The van der Waals surface area contributed by atoms with Crippen LogP contribution >= 0.6 is 0 Å². The third-order valence-electron chi connectivity index (χ3n) is 3.39. The van der Waals surface area contributed by atoms with Crippen LogP contribution in [0.3, 0.4) is 0 Å². The summed E-state index contributed by atoms with van der Waals surface area (Å²) in [4.78, 5) is 24.6. The van der Waals surface area contributed by atoms with Crippen LogP contribution in [0.25, 0.3) is 0 Å². The molecule has 0 aliphatic heterocycles. The number of aryl methyl sites for hydroxylation is 1. The first-order valence-electron chi connectivity index (χ1n) is 7.43. The predicted molar refractivity (Wildman–Crippen MR) is 89.4 cm³/mol. The lowest BCUT2D eigenvalue weighted by molar-refractivity contribution is -0.116. The van der Waals surface area contributed by atoms with Gasteiger partial charge in [0.25, 0.3) is 0 Å². The molecule has 0 unspecified atom stereocenters. The average Bonchev–Trinajstić information content (AvgIpc) is 3.05. The number of anilines is 2. The van der Waals surface area contributed by atoms with Crippen molar-refractivity contribution in [2.24, 2.45) is 0 Å². The Kier molecular flexibility index (Phi) is 5.74. The molecule has 2 aromatic rings. The normalized spacial score (nSPS) is 10.2. The van der Waals surface area contributed by atoms with Crippen LogP contribution in [0.4, 0.5) is 16.2 Å². The van der Waals surface area contributed by atoms with Crippen LogP contribution in [0.1, 0.15) is 13.3 Å². The van der Waals surface area contributed by atoms with Gasteiger partial charge >= 0.3 is 6.03 Å². The zero-order chi connectivity index (χ0) is 16.7. The second-order valence-corrected chi connectivity index (χ2v) is 5.13. The van der Waals surface area contributed by atoms with Gasteiger partial charge in [-0.1, -0.05) is 0 Å². The van der Waals surface area contributed by atoms with Crippen LogP contribution < -0.4 is 15.5 Å². The Morgan fingerprint density at radius 1 is 1.26 bits per heavy atom. The molecule has 2 N–H and O–H groups in total. The summed E-state index contributed by atoms with van der Waals surface area (Å²) in [6.07, 6.45) is 4.42. The molecule has 0 aliphatic carbocycles. The minimum Gasteiger partial charge on any atom is -0.338 e. The molecule has 0 atom stereocenters. The van der Waals surface area contributed by atoms with Crippen molar-refractivity contribution in [1.82, 2.24) is 15.1 Å². The summed E-state index contributed by atoms with van der Waals surface area (Å²) in [6.45, 7) is 2.83. The summed E-state index contributed by atoms with van der Waals surface area (Å²) in [5.41, 5.74) is 1.46. The third kappa shape index (κ3) is 5.14. The second kappa shape index (κ2) is 7.98. The van der Waals surface area contributed by atoms with Gasteiger partial charge in [-0.25, -0.2) is 4.79 Å². The molecule has 1 heterocycles. The van der Waals surface area contributed by atoms with Gasteiger partial charge in [0.2, 0.25) is 5.91 Å². The minimum absolute atomic E-state index is 0.0411. The SMILES string of the molecule is CC(=O)N(C)c1ccc(NC(=O)NCCCn2cccn2)cc1. The van der Waals surface area contributed by atoms with E-state index in [4.69, 9.17) is 0 Å². The molecule has 0 aliphatic rings. The molecule has 0 saturated heterocycles. The Bertz CT molecular complexity index is 637. The van der Waals surface area contributed by atoms with E-state index >= 15 is 0 Å². The third-order valence-corrected chi connectivity index (χ3v) is 3.39. The highest BCUT2D eigenvalue weighted by molar-refractivity contribution is 5.92. The number of rotatable bonds is 6. The molecule has 0 fully saturated rings. The molecular weight excluding hydrogens is 294 g/mol. The van der Waals surface area contributed by atoms with E-state index in [1.807, 2.05) is 16.9 Å². The van der Waals surface area contributed by atoms with Crippen molar-refractivity contribution in [3.63, 3.8) is 0 Å². The number of nitrogens with one attached hydrogen (secondary N) is 2. The molecule has 7 heteroatoms. The van der Waals surface area contributed by atoms with Crippen LogP contribution in [0.5, 0.6) is 0 Å². The van der Waals surface area contributed by atoms with Crippen molar-refractivity contribution in [3.8, 4) is 0 Å². The number of hydrogen-bond acceptors (Lipinski definition) is 3. The summed E-state index contributed by atoms with van der Waals surface area (Å²) < 4.78 is 1.82. The number of carbonyl (C=O) groups is 2. The quantitative estimate of drug-likeness (QED) is 0.801. The lowest BCUT2D eigenvalue weighted by atomic mass is 10.2. The van der Waals surface area contributed by atoms with E-state index in [2.05, 4.69) is 15.7 Å². The average molecular weight is 315 g/mol. The number of benzene rings is 1. The zero-order valence-corrected chi connectivity index (χ0v) is 13.3. The number of nitrogens with zero attached hydrogens (tertiary/aromatic N) is 3. The standard InChI is InChI=1S/C16H21N5O2/c1-13(22)20(2)15-7-5-14(6-8-15)19-16(23)17-9-3-11-21-12-4-10-18-21/h4-8,10,12H,3,9,11H2,1-2H3,(H2,17,19,23). The molecule has 7 nitrogen and oxygen atoms in total. The number of carbonyl (C=O) groups excluding carboxylic acids is 2. The van der Waals surface area contributed by atoms with Gasteiger partial charge in [-0.05, 0) is 36.8 Å². The van der Waals surface area contributed by atoms with Crippen molar-refractivity contribution in [2.75, 3.05) is 23.8 Å². The molecular formula is C16H21N5O2. The first kappa shape index (κ1) is 16.5. The zero-order valence-electron chi connectivity index (χ0n) is 13.3. The van der Waals surface area contributed by atoms with Crippen molar-refractivity contribution in [3.05, 3.63) is 42.7 Å². The minimum atomic E-state index is -0.252. The summed E-state index contributed by atoms with van der Waals surface area (Å²) in [5, 5.41) is 9.64. The van der Waals surface area contributed by atoms with Crippen LogP contribution in [0, 0.1) is 0 Å². The Labute approximate surface area is 135 Å². The van der Waals surface area contributed by atoms with E-state index in [1.54, 1.807) is 42.4 Å². The van der Waals surface area contributed by atoms with E-state index < -0.39 is 0 Å². The van der Waals surface area contributed by atoms with Crippen LogP contribution in [0.2, 0.25) is 0 Å². The molecule has 2 rings (SSSR count). The summed E-state index contributed by atoms with van der Waals surface area (Å²) in [6, 6.07) is 8.71. The van der Waals surface area contributed by atoms with Crippen LogP contribution in [0.15, 0.2) is 42.7 Å². The molecule has 3 amide bonds. The fourth-order valence-electron chi connectivity index (χ4n) is 2.00. The lowest BCUT2D eigenvalue weighted by Crippen LogP contribution is -2.30. The fraction of sp³-hybridized carbons (Fsp3) is 0.312. The van der Waals surface area contributed by atoms with Crippen LogP contribution in [-0.4, -0.2) is 35.3 Å². The highest BCUT2D eigenvalue weighted by Gasteiger charge is 2.06. The van der Waals surface area contributed by atoms with Crippen molar-refractivity contribution < 1.29 is 9.59 Å². The molecule has 0 saturated carbocycles. The van der Waals surface area contributed by atoms with Gasteiger partial charge in [0.05, 0.1) is 0 Å². The fourth-order valence-corrected chi connectivity index (χ4v) is 2.00. The molecule has 0 radical (unpaired) electrons. The molecule has 1 aromatic heterocycles. The topological polar surface area (TPSA) is 79.3 Å². The number of aromatic nitrogens is 2. The predicted octanol–water partition coefficient (Wildman–Crippen LogP) is 2.08. The van der Waals surface area contributed by atoms with Gasteiger partial charge in [0, 0.05) is 50.8 Å². The maximum Gasteiger partial charge on any atom is 0.319 e. The van der Waals surface area contributed by atoms with Gasteiger partial charge in [-0.3, -0.25) is 9.48 Å². The molecule has 0 spiro atoms. The van der Waals surface area contributed by atoms with Gasteiger partial charge in [0.1, 0.15) is 0 Å². The molecule has 0 bridgehead atoms.